The zero-order valence-electron chi connectivity index (χ0n) is 12.5. The Kier molecular flexibility index (Phi) is 3.79. The predicted octanol–water partition coefficient (Wildman–Crippen LogP) is 3.20. The molecule has 0 radical (unpaired) electrons. The highest BCUT2D eigenvalue weighted by atomic mass is 32.1. The van der Waals surface area contributed by atoms with E-state index < -0.39 is 4.92 Å². The van der Waals surface area contributed by atoms with Crippen LogP contribution in [-0.2, 0) is 7.05 Å². The molecule has 1 heterocycles. The highest BCUT2D eigenvalue weighted by Crippen LogP contribution is 2.22. The number of fused-ring (bicyclic) bond motifs is 1. The molecule has 1 aromatic heterocycles. The number of carbonyl (C=O) groups excluding carboxylic acids is 1. The highest BCUT2D eigenvalue weighted by molar-refractivity contribution is 7.16. The van der Waals surface area contributed by atoms with E-state index in [1.807, 2.05) is 19.1 Å². The van der Waals surface area contributed by atoms with Gasteiger partial charge in [-0.05, 0) is 24.6 Å². The van der Waals surface area contributed by atoms with Crippen LogP contribution in [0.5, 0.6) is 0 Å². The average Bonchev–Trinajstić information content (AvgIpc) is 2.83. The van der Waals surface area contributed by atoms with Crippen LogP contribution >= 0.6 is 11.3 Å². The van der Waals surface area contributed by atoms with Gasteiger partial charge in [0.2, 0.25) is 0 Å². The van der Waals surface area contributed by atoms with Gasteiger partial charge >= 0.3 is 0 Å². The summed E-state index contributed by atoms with van der Waals surface area (Å²) in [6.07, 6.45) is 0. The Morgan fingerprint density at radius 3 is 2.70 bits per heavy atom. The molecule has 3 rings (SSSR count). The summed E-state index contributed by atoms with van der Waals surface area (Å²) in [6.45, 7) is 1.86. The fraction of sp³-hybridized carbons (Fsp3) is 0.125. The van der Waals surface area contributed by atoms with E-state index in [1.54, 1.807) is 29.8 Å². The Balaban J connectivity index is 2.13. The van der Waals surface area contributed by atoms with Gasteiger partial charge < -0.3 is 4.57 Å². The van der Waals surface area contributed by atoms with E-state index in [-0.39, 0.29) is 11.6 Å². The summed E-state index contributed by atoms with van der Waals surface area (Å²) < 4.78 is 2.54. The molecule has 0 saturated carbocycles. The number of rotatable bonds is 2. The molecule has 0 unspecified atom stereocenters. The molecule has 7 heteroatoms. The molecule has 0 bridgehead atoms. The SMILES string of the molecule is Cc1ccccc1C(=O)N=c1sc2ccc([N+](=O)[O-])cc2n1C. The first kappa shape index (κ1) is 15.1. The number of aryl methyl sites for hydroxylation is 2. The summed E-state index contributed by atoms with van der Waals surface area (Å²) in [5.41, 5.74) is 2.11. The van der Waals surface area contributed by atoms with Crippen LogP contribution in [0.3, 0.4) is 0 Å². The second-order valence-electron chi connectivity index (χ2n) is 5.08. The van der Waals surface area contributed by atoms with Crippen molar-refractivity contribution in [2.24, 2.45) is 12.0 Å². The van der Waals surface area contributed by atoms with E-state index in [2.05, 4.69) is 4.99 Å². The molecule has 0 atom stereocenters. The second kappa shape index (κ2) is 5.77. The molecule has 6 nitrogen and oxygen atoms in total. The fourth-order valence-electron chi connectivity index (χ4n) is 2.30. The maximum atomic E-state index is 12.4. The van der Waals surface area contributed by atoms with E-state index in [0.717, 1.165) is 10.3 Å². The van der Waals surface area contributed by atoms with Gasteiger partial charge in [-0.25, -0.2) is 0 Å². The van der Waals surface area contributed by atoms with E-state index >= 15 is 0 Å². The van der Waals surface area contributed by atoms with Crippen LogP contribution in [0.15, 0.2) is 47.5 Å². The van der Waals surface area contributed by atoms with Crippen molar-refractivity contribution in [1.29, 1.82) is 0 Å². The second-order valence-corrected chi connectivity index (χ2v) is 6.09. The number of non-ortho nitro benzene ring substituents is 1. The van der Waals surface area contributed by atoms with Crippen molar-refractivity contribution in [2.75, 3.05) is 0 Å². The minimum atomic E-state index is -0.438. The lowest BCUT2D eigenvalue weighted by atomic mass is 10.1. The van der Waals surface area contributed by atoms with Crippen LogP contribution in [0.25, 0.3) is 10.2 Å². The number of nitro benzene ring substituents is 1. The highest BCUT2D eigenvalue weighted by Gasteiger charge is 2.12. The number of hydrogen-bond acceptors (Lipinski definition) is 4. The van der Waals surface area contributed by atoms with Gasteiger partial charge in [-0.1, -0.05) is 29.5 Å². The summed E-state index contributed by atoms with van der Waals surface area (Å²) >= 11 is 1.33. The number of carbonyl (C=O) groups is 1. The Morgan fingerprint density at radius 2 is 2.00 bits per heavy atom. The molecule has 3 aromatic rings. The van der Waals surface area contributed by atoms with Gasteiger partial charge in [0.1, 0.15) is 0 Å². The van der Waals surface area contributed by atoms with Gasteiger partial charge in [0.05, 0.1) is 15.1 Å². The molecule has 1 amide bonds. The molecule has 0 N–H and O–H groups in total. The quantitative estimate of drug-likeness (QED) is 0.535. The molecule has 0 spiro atoms. The van der Waals surface area contributed by atoms with Crippen molar-refractivity contribution >= 4 is 33.1 Å². The Bertz CT molecular complexity index is 1000. The van der Waals surface area contributed by atoms with Crippen LogP contribution < -0.4 is 4.80 Å². The third-order valence-corrected chi connectivity index (χ3v) is 4.69. The van der Waals surface area contributed by atoms with Crippen molar-refractivity contribution in [3.05, 3.63) is 68.5 Å². The average molecular weight is 327 g/mol. The molecule has 116 valence electrons. The van der Waals surface area contributed by atoms with Crippen molar-refractivity contribution in [3.8, 4) is 0 Å². The number of aromatic nitrogens is 1. The van der Waals surface area contributed by atoms with Crippen LogP contribution in [0, 0.1) is 17.0 Å². The van der Waals surface area contributed by atoms with Crippen LogP contribution in [-0.4, -0.2) is 15.4 Å². The van der Waals surface area contributed by atoms with Crippen LogP contribution in [0.4, 0.5) is 5.69 Å². The molecule has 0 fully saturated rings. The van der Waals surface area contributed by atoms with E-state index in [0.29, 0.717) is 15.9 Å². The molecular weight excluding hydrogens is 314 g/mol. The van der Waals surface area contributed by atoms with E-state index in [9.17, 15) is 14.9 Å². The standard InChI is InChI=1S/C16H13N3O3S/c1-10-5-3-4-6-12(10)15(20)17-16-18(2)13-9-11(19(21)22)7-8-14(13)23-16/h3-9H,1-2H3. The lowest BCUT2D eigenvalue weighted by Gasteiger charge is -1.99. The predicted molar refractivity (Wildman–Crippen MR) is 88.5 cm³/mol. The van der Waals surface area contributed by atoms with Gasteiger partial charge in [0.15, 0.2) is 4.80 Å². The summed E-state index contributed by atoms with van der Waals surface area (Å²) in [4.78, 5) is 27.5. The summed E-state index contributed by atoms with van der Waals surface area (Å²) in [5, 5.41) is 10.9. The molecule has 2 aromatic carbocycles. The Hall–Kier alpha value is -2.80. The Labute approximate surface area is 135 Å². The maximum Gasteiger partial charge on any atom is 0.279 e. The third kappa shape index (κ3) is 2.78. The zero-order valence-corrected chi connectivity index (χ0v) is 13.3. The normalized spacial score (nSPS) is 11.8. The smallest absolute Gasteiger partial charge is 0.279 e. The first-order chi connectivity index (χ1) is 11.0. The van der Waals surface area contributed by atoms with E-state index in [1.165, 1.54) is 23.5 Å². The number of thiazole rings is 1. The largest absolute Gasteiger partial charge is 0.319 e. The van der Waals surface area contributed by atoms with Gasteiger partial charge in [-0.15, -0.1) is 0 Å². The van der Waals surface area contributed by atoms with Crippen molar-refractivity contribution in [1.82, 2.24) is 4.57 Å². The first-order valence-electron chi connectivity index (χ1n) is 6.86. The molecule has 0 aliphatic heterocycles. The van der Waals surface area contributed by atoms with Gasteiger partial charge in [-0.3, -0.25) is 14.9 Å². The number of nitro groups is 1. The van der Waals surface area contributed by atoms with Crippen molar-refractivity contribution < 1.29 is 9.72 Å². The maximum absolute atomic E-state index is 12.4. The fourth-order valence-corrected chi connectivity index (χ4v) is 3.29. The van der Waals surface area contributed by atoms with E-state index in [4.69, 9.17) is 0 Å². The lowest BCUT2D eigenvalue weighted by molar-refractivity contribution is -0.384. The molecule has 0 aliphatic rings. The molecule has 0 aliphatic carbocycles. The molecule has 23 heavy (non-hydrogen) atoms. The van der Waals surface area contributed by atoms with Crippen molar-refractivity contribution in [2.45, 2.75) is 6.92 Å². The van der Waals surface area contributed by atoms with Crippen LogP contribution in [0.2, 0.25) is 0 Å². The first-order valence-corrected chi connectivity index (χ1v) is 7.67. The summed E-state index contributed by atoms with van der Waals surface area (Å²) in [6, 6.07) is 11.9. The van der Waals surface area contributed by atoms with Crippen molar-refractivity contribution in [3.63, 3.8) is 0 Å². The minimum absolute atomic E-state index is 0.0164. The lowest BCUT2D eigenvalue weighted by Crippen LogP contribution is -2.13. The molecule has 0 saturated heterocycles. The number of amides is 1. The van der Waals surface area contributed by atoms with Gasteiger partial charge in [0, 0.05) is 24.7 Å². The number of hydrogen-bond donors (Lipinski definition) is 0. The minimum Gasteiger partial charge on any atom is -0.319 e. The topological polar surface area (TPSA) is 77.5 Å². The van der Waals surface area contributed by atoms with Crippen LogP contribution in [0.1, 0.15) is 15.9 Å². The number of nitrogens with zero attached hydrogens (tertiary/aromatic N) is 3. The summed E-state index contributed by atoms with van der Waals surface area (Å²) in [5.74, 6) is -0.320. The molecular formula is C16H13N3O3S. The number of benzene rings is 2. The van der Waals surface area contributed by atoms with Gasteiger partial charge in [0.25, 0.3) is 11.6 Å². The Morgan fingerprint density at radius 1 is 1.26 bits per heavy atom. The third-order valence-electron chi connectivity index (χ3n) is 3.58. The van der Waals surface area contributed by atoms with Gasteiger partial charge in [-0.2, -0.15) is 4.99 Å². The zero-order chi connectivity index (χ0) is 16.6. The monoisotopic (exact) mass is 327 g/mol. The summed E-state index contributed by atoms with van der Waals surface area (Å²) in [7, 11) is 1.74.